The summed E-state index contributed by atoms with van der Waals surface area (Å²) in [6.07, 6.45) is 3.13. The molecule has 0 aromatic heterocycles. The Bertz CT molecular complexity index is 185. The molecule has 0 spiro atoms. The number of hydrogen-bond acceptors (Lipinski definition) is 3. The standard InChI is InChI=1S/C11H24N2O2/c1-4-11(2,7-9-14)13-8-5-6-10(15)12-3/h13-14H,4-9H2,1-3H3,(H,12,15). The van der Waals surface area contributed by atoms with Gasteiger partial charge in [-0.1, -0.05) is 6.92 Å². The SMILES string of the molecule is CCC(C)(CCO)NCCCC(=O)NC. The molecule has 0 aromatic rings. The predicted molar refractivity (Wildman–Crippen MR) is 61.7 cm³/mol. The van der Waals surface area contributed by atoms with Crippen molar-refractivity contribution < 1.29 is 9.90 Å². The molecule has 4 heteroatoms. The Morgan fingerprint density at radius 1 is 1.47 bits per heavy atom. The summed E-state index contributed by atoms with van der Waals surface area (Å²) < 4.78 is 0. The first-order chi connectivity index (χ1) is 7.08. The topological polar surface area (TPSA) is 61.4 Å². The third-order valence-electron chi connectivity index (χ3n) is 2.86. The molecule has 0 aliphatic heterocycles. The maximum atomic E-state index is 11.0. The molecule has 0 saturated carbocycles. The number of amides is 1. The van der Waals surface area contributed by atoms with Crippen molar-refractivity contribution in [2.75, 3.05) is 20.2 Å². The highest BCUT2D eigenvalue weighted by atomic mass is 16.3. The van der Waals surface area contributed by atoms with Gasteiger partial charge in [0, 0.05) is 25.6 Å². The summed E-state index contributed by atoms with van der Waals surface area (Å²) in [7, 11) is 1.65. The monoisotopic (exact) mass is 216 g/mol. The van der Waals surface area contributed by atoms with E-state index in [1.807, 2.05) is 0 Å². The lowest BCUT2D eigenvalue weighted by Crippen LogP contribution is -2.43. The van der Waals surface area contributed by atoms with Crippen molar-refractivity contribution in [3.63, 3.8) is 0 Å². The lowest BCUT2D eigenvalue weighted by molar-refractivity contribution is -0.120. The molecule has 3 N–H and O–H groups in total. The lowest BCUT2D eigenvalue weighted by atomic mass is 9.95. The van der Waals surface area contributed by atoms with Crippen molar-refractivity contribution >= 4 is 5.91 Å². The highest BCUT2D eigenvalue weighted by molar-refractivity contribution is 5.75. The molecule has 0 rings (SSSR count). The molecule has 1 unspecified atom stereocenters. The Morgan fingerprint density at radius 3 is 2.60 bits per heavy atom. The Labute approximate surface area is 92.4 Å². The van der Waals surface area contributed by atoms with Crippen LogP contribution >= 0.6 is 0 Å². The summed E-state index contributed by atoms with van der Waals surface area (Å²) in [5.74, 6) is 0.0807. The smallest absolute Gasteiger partial charge is 0.219 e. The van der Waals surface area contributed by atoms with Gasteiger partial charge in [0.1, 0.15) is 0 Å². The fourth-order valence-electron chi connectivity index (χ4n) is 1.40. The van der Waals surface area contributed by atoms with E-state index in [4.69, 9.17) is 5.11 Å². The second-order valence-electron chi connectivity index (χ2n) is 4.09. The molecule has 0 aromatic carbocycles. The minimum atomic E-state index is -0.00254. The van der Waals surface area contributed by atoms with E-state index in [2.05, 4.69) is 24.5 Å². The van der Waals surface area contributed by atoms with Gasteiger partial charge in [-0.15, -0.1) is 0 Å². The molecule has 15 heavy (non-hydrogen) atoms. The quantitative estimate of drug-likeness (QED) is 0.522. The van der Waals surface area contributed by atoms with Crippen LogP contribution in [0.15, 0.2) is 0 Å². The first kappa shape index (κ1) is 14.4. The molecule has 0 aliphatic rings. The second-order valence-corrected chi connectivity index (χ2v) is 4.09. The van der Waals surface area contributed by atoms with Crippen molar-refractivity contribution in [2.45, 2.75) is 45.1 Å². The summed E-state index contributed by atoms with van der Waals surface area (Å²) in [6.45, 7) is 5.22. The number of rotatable bonds is 8. The van der Waals surface area contributed by atoms with E-state index in [0.29, 0.717) is 6.42 Å². The van der Waals surface area contributed by atoms with Crippen LogP contribution in [0.25, 0.3) is 0 Å². The molecule has 0 radical (unpaired) electrons. The molecule has 1 atom stereocenters. The van der Waals surface area contributed by atoms with Crippen molar-refractivity contribution in [1.82, 2.24) is 10.6 Å². The highest BCUT2D eigenvalue weighted by Crippen LogP contribution is 2.13. The largest absolute Gasteiger partial charge is 0.396 e. The Morgan fingerprint density at radius 2 is 2.13 bits per heavy atom. The third kappa shape index (κ3) is 6.47. The first-order valence-corrected chi connectivity index (χ1v) is 5.64. The van der Waals surface area contributed by atoms with Crippen LogP contribution in [0.3, 0.4) is 0 Å². The van der Waals surface area contributed by atoms with Crippen LogP contribution in [-0.4, -0.2) is 36.8 Å². The van der Waals surface area contributed by atoms with E-state index in [9.17, 15) is 4.79 Å². The number of aliphatic hydroxyl groups is 1. The van der Waals surface area contributed by atoms with Crippen LogP contribution in [0.5, 0.6) is 0 Å². The Kier molecular flexibility index (Phi) is 7.34. The maximum absolute atomic E-state index is 11.0. The average molecular weight is 216 g/mol. The molecule has 0 fully saturated rings. The lowest BCUT2D eigenvalue weighted by Gasteiger charge is -2.29. The van der Waals surface area contributed by atoms with E-state index >= 15 is 0 Å². The minimum absolute atomic E-state index is 0.00254. The molecular weight excluding hydrogens is 192 g/mol. The van der Waals surface area contributed by atoms with Gasteiger partial charge in [-0.05, 0) is 32.7 Å². The fraction of sp³-hybridized carbons (Fsp3) is 0.909. The van der Waals surface area contributed by atoms with Gasteiger partial charge in [0.2, 0.25) is 5.91 Å². The Hall–Kier alpha value is -0.610. The van der Waals surface area contributed by atoms with Crippen LogP contribution < -0.4 is 10.6 Å². The molecule has 4 nitrogen and oxygen atoms in total. The van der Waals surface area contributed by atoms with E-state index < -0.39 is 0 Å². The van der Waals surface area contributed by atoms with Crippen molar-refractivity contribution in [3.8, 4) is 0 Å². The van der Waals surface area contributed by atoms with Crippen LogP contribution in [0.4, 0.5) is 0 Å². The zero-order valence-corrected chi connectivity index (χ0v) is 10.1. The molecule has 90 valence electrons. The van der Waals surface area contributed by atoms with Crippen LogP contribution in [0.1, 0.15) is 39.5 Å². The predicted octanol–water partition coefficient (Wildman–Crippen LogP) is 0.653. The van der Waals surface area contributed by atoms with Gasteiger partial charge >= 0.3 is 0 Å². The molecule has 1 amide bonds. The van der Waals surface area contributed by atoms with Crippen LogP contribution in [-0.2, 0) is 4.79 Å². The van der Waals surface area contributed by atoms with E-state index in [1.165, 1.54) is 0 Å². The van der Waals surface area contributed by atoms with Gasteiger partial charge in [-0.25, -0.2) is 0 Å². The molecule has 0 saturated heterocycles. The van der Waals surface area contributed by atoms with Gasteiger partial charge in [0.25, 0.3) is 0 Å². The summed E-state index contributed by atoms with van der Waals surface area (Å²) in [5.41, 5.74) is -0.00254. The van der Waals surface area contributed by atoms with E-state index in [0.717, 1.165) is 25.8 Å². The summed E-state index contributed by atoms with van der Waals surface area (Å²) in [5, 5.41) is 14.9. The average Bonchev–Trinajstić information content (AvgIpc) is 2.24. The number of nitrogens with one attached hydrogen (secondary N) is 2. The van der Waals surface area contributed by atoms with E-state index in [-0.39, 0.29) is 18.1 Å². The summed E-state index contributed by atoms with van der Waals surface area (Å²) in [6, 6.07) is 0. The molecule has 0 bridgehead atoms. The zero-order chi connectivity index (χ0) is 11.7. The highest BCUT2D eigenvalue weighted by Gasteiger charge is 2.19. The molecule has 0 heterocycles. The van der Waals surface area contributed by atoms with Crippen LogP contribution in [0, 0.1) is 0 Å². The van der Waals surface area contributed by atoms with Crippen LogP contribution in [0.2, 0.25) is 0 Å². The van der Waals surface area contributed by atoms with Gasteiger partial charge < -0.3 is 15.7 Å². The summed E-state index contributed by atoms with van der Waals surface area (Å²) >= 11 is 0. The first-order valence-electron chi connectivity index (χ1n) is 5.64. The normalized spacial score (nSPS) is 14.7. The summed E-state index contributed by atoms with van der Waals surface area (Å²) in [4.78, 5) is 11.0. The minimum Gasteiger partial charge on any atom is -0.396 e. The number of aliphatic hydroxyl groups excluding tert-OH is 1. The van der Waals surface area contributed by atoms with Gasteiger partial charge in [0.15, 0.2) is 0 Å². The van der Waals surface area contributed by atoms with Gasteiger partial charge in [-0.2, -0.15) is 0 Å². The number of carbonyl (C=O) groups excluding carboxylic acids is 1. The number of hydrogen-bond donors (Lipinski definition) is 3. The van der Waals surface area contributed by atoms with Crippen molar-refractivity contribution in [3.05, 3.63) is 0 Å². The fourth-order valence-corrected chi connectivity index (χ4v) is 1.40. The number of carbonyl (C=O) groups is 1. The Balaban J connectivity index is 3.67. The second kappa shape index (κ2) is 7.65. The molecular formula is C11H24N2O2. The zero-order valence-electron chi connectivity index (χ0n) is 10.1. The third-order valence-corrected chi connectivity index (χ3v) is 2.86. The van der Waals surface area contributed by atoms with E-state index in [1.54, 1.807) is 7.05 Å². The van der Waals surface area contributed by atoms with Gasteiger partial charge in [-0.3, -0.25) is 4.79 Å². The van der Waals surface area contributed by atoms with Crippen molar-refractivity contribution in [2.24, 2.45) is 0 Å². The van der Waals surface area contributed by atoms with Gasteiger partial charge in [0.05, 0.1) is 0 Å². The maximum Gasteiger partial charge on any atom is 0.219 e. The van der Waals surface area contributed by atoms with Crippen molar-refractivity contribution in [1.29, 1.82) is 0 Å². The molecule has 0 aliphatic carbocycles.